The fraction of sp³-hybridized carbons (Fsp3) is 0.588. The van der Waals surface area contributed by atoms with Gasteiger partial charge in [-0.2, -0.15) is 0 Å². The van der Waals surface area contributed by atoms with Crippen molar-refractivity contribution in [2.75, 3.05) is 33.4 Å². The summed E-state index contributed by atoms with van der Waals surface area (Å²) in [5.74, 6) is 1.40. The minimum Gasteiger partial charge on any atom is -0.491 e. The fourth-order valence-electron chi connectivity index (χ4n) is 1.67. The van der Waals surface area contributed by atoms with Crippen molar-refractivity contribution >= 4 is 28.6 Å². The van der Waals surface area contributed by atoms with Crippen LogP contribution in [0.5, 0.6) is 5.75 Å². The van der Waals surface area contributed by atoms with Gasteiger partial charge < -0.3 is 25.2 Å². The predicted octanol–water partition coefficient (Wildman–Crippen LogP) is 2.01. The number of halogens is 1. The molecule has 0 heterocycles. The molecule has 0 saturated heterocycles. The normalized spacial score (nSPS) is 13.5. The van der Waals surface area contributed by atoms with Gasteiger partial charge in [0.2, 0.25) is 0 Å². The van der Waals surface area contributed by atoms with Crippen LogP contribution in [0.4, 0.5) is 0 Å². The van der Waals surface area contributed by atoms with Crippen molar-refractivity contribution in [3.05, 3.63) is 27.8 Å². The molecule has 0 saturated carbocycles. The Morgan fingerprint density at radius 1 is 1.29 bits per heavy atom. The van der Waals surface area contributed by atoms with Gasteiger partial charge in [0.1, 0.15) is 18.5 Å². The monoisotopic (exact) mass is 449 g/mol. The number of benzene rings is 1. The van der Waals surface area contributed by atoms with E-state index in [4.69, 9.17) is 9.47 Å². The van der Waals surface area contributed by atoms with Crippen LogP contribution in [0.15, 0.2) is 29.3 Å². The lowest BCUT2D eigenvalue weighted by molar-refractivity contribution is 0.0310. The molecule has 1 atom stereocenters. The first-order valence-electron chi connectivity index (χ1n) is 8.00. The SMILES string of the molecule is CCNC(=NCC(C)(C)OC)NCC(O)COc1ccc(I)cc1. The molecule has 136 valence electrons. The lowest BCUT2D eigenvalue weighted by Crippen LogP contribution is -2.43. The number of hydrogen-bond donors (Lipinski definition) is 3. The van der Waals surface area contributed by atoms with Crippen molar-refractivity contribution in [1.82, 2.24) is 10.6 Å². The van der Waals surface area contributed by atoms with E-state index in [-0.39, 0.29) is 12.2 Å². The van der Waals surface area contributed by atoms with Crippen LogP contribution in [0.1, 0.15) is 20.8 Å². The number of aliphatic hydroxyl groups excluding tert-OH is 1. The van der Waals surface area contributed by atoms with Crippen LogP contribution < -0.4 is 15.4 Å². The van der Waals surface area contributed by atoms with E-state index < -0.39 is 6.10 Å². The molecule has 1 unspecified atom stereocenters. The highest BCUT2D eigenvalue weighted by atomic mass is 127. The van der Waals surface area contributed by atoms with Crippen molar-refractivity contribution in [1.29, 1.82) is 0 Å². The highest BCUT2D eigenvalue weighted by Crippen LogP contribution is 2.13. The Morgan fingerprint density at radius 2 is 1.96 bits per heavy atom. The molecule has 3 N–H and O–H groups in total. The molecule has 0 aliphatic rings. The molecule has 0 fully saturated rings. The summed E-state index contributed by atoms with van der Waals surface area (Å²) in [6.45, 7) is 7.78. The van der Waals surface area contributed by atoms with Crippen LogP contribution >= 0.6 is 22.6 Å². The maximum absolute atomic E-state index is 10.1. The molecule has 0 aliphatic carbocycles. The number of rotatable bonds is 9. The van der Waals surface area contributed by atoms with Gasteiger partial charge >= 0.3 is 0 Å². The number of hydrogen-bond acceptors (Lipinski definition) is 4. The molecule has 0 radical (unpaired) electrons. The smallest absolute Gasteiger partial charge is 0.191 e. The maximum Gasteiger partial charge on any atom is 0.191 e. The standard InChI is InChI=1S/C17H28IN3O3/c1-5-19-16(21-12-17(2,3)23-4)20-10-14(22)11-24-15-8-6-13(18)7-9-15/h6-9,14,22H,5,10-12H2,1-4H3,(H2,19,20,21). The number of ether oxygens (including phenoxy) is 2. The van der Waals surface area contributed by atoms with Gasteiger partial charge in [0.15, 0.2) is 5.96 Å². The number of nitrogens with one attached hydrogen (secondary N) is 2. The lowest BCUT2D eigenvalue weighted by Gasteiger charge is -2.21. The van der Waals surface area contributed by atoms with Gasteiger partial charge in [-0.1, -0.05) is 0 Å². The Morgan fingerprint density at radius 3 is 2.54 bits per heavy atom. The zero-order chi connectivity index (χ0) is 18.0. The van der Waals surface area contributed by atoms with E-state index in [1.54, 1.807) is 7.11 Å². The molecule has 6 nitrogen and oxygen atoms in total. The van der Waals surface area contributed by atoms with Crippen molar-refractivity contribution in [2.24, 2.45) is 4.99 Å². The topological polar surface area (TPSA) is 75.1 Å². The highest BCUT2D eigenvalue weighted by molar-refractivity contribution is 14.1. The number of aliphatic imine (C=N–C) groups is 1. The maximum atomic E-state index is 10.1. The van der Waals surface area contributed by atoms with E-state index in [9.17, 15) is 5.11 Å². The Bertz CT molecular complexity index is 506. The fourth-order valence-corrected chi connectivity index (χ4v) is 2.03. The number of methoxy groups -OCH3 is 1. The molecular formula is C17H28IN3O3. The number of nitrogens with zero attached hydrogens (tertiary/aromatic N) is 1. The second-order valence-electron chi connectivity index (χ2n) is 5.96. The minimum atomic E-state index is -0.636. The lowest BCUT2D eigenvalue weighted by atomic mass is 10.1. The molecule has 0 amide bonds. The van der Waals surface area contributed by atoms with Gasteiger partial charge in [0, 0.05) is 23.8 Å². The van der Waals surface area contributed by atoms with Gasteiger partial charge in [-0.25, -0.2) is 0 Å². The van der Waals surface area contributed by atoms with Crippen LogP contribution in [0.3, 0.4) is 0 Å². The van der Waals surface area contributed by atoms with E-state index in [1.807, 2.05) is 45.0 Å². The first-order chi connectivity index (χ1) is 11.4. The minimum absolute atomic E-state index is 0.219. The van der Waals surface area contributed by atoms with Crippen molar-refractivity contribution in [2.45, 2.75) is 32.5 Å². The third-order valence-electron chi connectivity index (χ3n) is 3.28. The molecule has 7 heteroatoms. The van der Waals surface area contributed by atoms with Gasteiger partial charge in [-0.15, -0.1) is 0 Å². The Labute approximate surface area is 158 Å². The van der Waals surface area contributed by atoms with Crippen LogP contribution in [-0.2, 0) is 4.74 Å². The Hall–Kier alpha value is -1.06. The molecule has 1 rings (SSSR count). The average Bonchev–Trinajstić information content (AvgIpc) is 2.57. The molecule has 1 aromatic carbocycles. The summed E-state index contributed by atoms with van der Waals surface area (Å²) in [7, 11) is 1.67. The quantitative estimate of drug-likeness (QED) is 0.306. The molecule has 1 aromatic rings. The molecule has 24 heavy (non-hydrogen) atoms. The number of guanidine groups is 1. The summed E-state index contributed by atoms with van der Waals surface area (Å²) in [4.78, 5) is 4.47. The summed E-state index contributed by atoms with van der Waals surface area (Å²) in [6, 6.07) is 7.71. The largest absolute Gasteiger partial charge is 0.491 e. The van der Waals surface area contributed by atoms with Crippen LogP contribution in [0, 0.1) is 3.57 Å². The molecular weight excluding hydrogens is 421 g/mol. The first kappa shape index (κ1) is 21.0. The Balaban J connectivity index is 2.42. The third-order valence-corrected chi connectivity index (χ3v) is 4.00. The van der Waals surface area contributed by atoms with Crippen molar-refractivity contribution in [3.8, 4) is 5.75 Å². The van der Waals surface area contributed by atoms with E-state index in [0.29, 0.717) is 19.0 Å². The summed E-state index contributed by atoms with van der Waals surface area (Å²) >= 11 is 2.24. The summed E-state index contributed by atoms with van der Waals surface area (Å²) in [5.41, 5.74) is -0.325. The molecule has 0 bridgehead atoms. The van der Waals surface area contributed by atoms with Crippen molar-refractivity contribution < 1.29 is 14.6 Å². The second kappa shape index (κ2) is 10.7. The average molecular weight is 449 g/mol. The predicted molar refractivity (Wildman–Crippen MR) is 106 cm³/mol. The summed E-state index contributed by atoms with van der Waals surface area (Å²) in [5, 5.41) is 16.3. The second-order valence-corrected chi connectivity index (χ2v) is 7.20. The summed E-state index contributed by atoms with van der Waals surface area (Å²) < 4.78 is 12.1. The van der Waals surface area contributed by atoms with Gasteiger partial charge in [-0.3, -0.25) is 4.99 Å². The van der Waals surface area contributed by atoms with Crippen LogP contribution in [0.2, 0.25) is 0 Å². The van der Waals surface area contributed by atoms with Crippen molar-refractivity contribution in [3.63, 3.8) is 0 Å². The third kappa shape index (κ3) is 8.70. The van der Waals surface area contributed by atoms with Crippen LogP contribution in [0.25, 0.3) is 0 Å². The van der Waals surface area contributed by atoms with Gasteiger partial charge in [0.05, 0.1) is 12.1 Å². The van der Waals surface area contributed by atoms with Crippen LogP contribution in [-0.4, -0.2) is 56.1 Å². The van der Waals surface area contributed by atoms with Gasteiger partial charge in [0.25, 0.3) is 0 Å². The Kier molecular flexibility index (Phi) is 9.38. The highest BCUT2D eigenvalue weighted by Gasteiger charge is 2.16. The number of aliphatic hydroxyl groups is 1. The zero-order valence-corrected chi connectivity index (χ0v) is 17.0. The first-order valence-corrected chi connectivity index (χ1v) is 9.08. The zero-order valence-electron chi connectivity index (χ0n) is 14.8. The van der Waals surface area contributed by atoms with E-state index in [0.717, 1.165) is 15.9 Å². The molecule has 0 aromatic heterocycles. The van der Waals surface area contributed by atoms with E-state index >= 15 is 0 Å². The van der Waals surface area contributed by atoms with Gasteiger partial charge in [-0.05, 0) is 67.6 Å². The summed E-state index contributed by atoms with van der Waals surface area (Å²) in [6.07, 6.45) is -0.636. The molecule has 0 spiro atoms. The van der Waals surface area contributed by atoms with E-state index in [1.165, 1.54) is 0 Å². The molecule has 0 aliphatic heterocycles. The van der Waals surface area contributed by atoms with E-state index in [2.05, 4.69) is 38.2 Å².